The molecule has 0 aromatic rings. The third-order valence-electron chi connectivity index (χ3n) is 2.92. The predicted octanol–water partition coefficient (Wildman–Crippen LogP) is 2.35. The summed E-state index contributed by atoms with van der Waals surface area (Å²) in [7, 11) is 4.92. The molecule has 7 heteroatoms. The van der Waals surface area contributed by atoms with E-state index in [1.54, 1.807) is 0 Å². The first-order valence-corrected chi connectivity index (χ1v) is 8.55. The van der Waals surface area contributed by atoms with Crippen molar-refractivity contribution in [3.8, 4) is 0 Å². The third-order valence-corrected chi connectivity index (χ3v) is 4.01. The maximum Gasteiger partial charge on any atom is 0.238 e. The fourth-order valence-corrected chi connectivity index (χ4v) is 3.10. The first kappa shape index (κ1) is 17.9. The lowest BCUT2D eigenvalue weighted by Crippen LogP contribution is -2.38. The highest BCUT2D eigenvalue weighted by Gasteiger charge is 2.44. The smallest absolute Gasteiger partial charge is 0.238 e. The number of rotatable bonds is 8. The molecule has 0 aromatic carbocycles. The van der Waals surface area contributed by atoms with Crippen LogP contribution in [0, 0.1) is 6.57 Å². The molecule has 0 aliphatic carbocycles. The van der Waals surface area contributed by atoms with Gasteiger partial charge in [-0.25, -0.2) is 6.57 Å². The lowest BCUT2D eigenvalue weighted by molar-refractivity contribution is -0.0435. The summed E-state index contributed by atoms with van der Waals surface area (Å²) < 4.78 is 23.0. The van der Waals surface area contributed by atoms with E-state index in [0.717, 1.165) is 6.42 Å². The van der Waals surface area contributed by atoms with Gasteiger partial charge in [-0.1, -0.05) is 6.92 Å². The van der Waals surface area contributed by atoms with Crippen LogP contribution in [0.1, 0.15) is 27.2 Å². The minimum atomic E-state index is -1.07. The quantitative estimate of drug-likeness (QED) is 0.298. The molecule has 0 bridgehead atoms. The van der Waals surface area contributed by atoms with Gasteiger partial charge < -0.3 is 23.4 Å². The summed E-state index contributed by atoms with van der Waals surface area (Å²) >= 11 is 0. The number of hydrogen-bond donors (Lipinski definition) is 0. The Hall–Kier alpha value is -0.175. The van der Waals surface area contributed by atoms with E-state index in [0.29, 0.717) is 13.2 Å². The van der Waals surface area contributed by atoms with Gasteiger partial charge in [-0.15, -0.1) is 0 Å². The maximum atomic E-state index is 6.72. The van der Waals surface area contributed by atoms with Crippen molar-refractivity contribution in [3.63, 3.8) is 0 Å². The van der Waals surface area contributed by atoms with Gasteiger partial charge in [0.25, 0.3) is 0 Å². The predicted molar refractivity (Wildman–Crippen MR) is 79.9 cm³/mol. The van der Waals surface area contributed by atoms with E-state index >= 15 is 0 Å². The Balaban J connectivity index is 2.58. The highest BCUT2D eigenvalue weighted by molar-refractivity contribution is 7.46. The van der Waals surface area contributed by atoms with Gasteiger partial charge in [0, 0.05) is 12.7 Å². The molecule has 1 aliphatic rings. The fourth-order valence-electron chi connectivity index (χ4n) is 2.10. The van der Waals surface area contributed by atoms with Crippen molar-refractivity contribution in [3.05, 3.63) is 11.4 Å². The Morgan fingerprint density at radius 1 is 1.40 bits per heavy atom. The van der Waals surface area contributed by atoms with Gasteiger partial charge in [0.15, 0.2) is 8.38 Å². The third kappa shape index (κ3) is 5.31. The molecule has 1 aliphatic heterocycles. The van der Waals surface area contributed by atoms with Gasteiger partial charge in [-0.05, 0) is 20.3 Å². The van der Waals surface area contributed by atoms with E-state index in [4.69, 9.17) is 32.9 Å². The van der Waals surface area contributed by atoms with Crippen LogP contribution in [0.2, 0.25) is 0 Å². The molecule has 0 saturated carbocycles. The second-order valence-corrected chi connectivity index (χ2v) is 6.27. The topological polar surface area (TPSA) is 41.3 Å². The minimum absolute atomic E-state index is 0.0578. The average molecular weight is 299 g/mol. The second kappa shape index (κ2) is 8.97. The number of hydrogen-bond acceptors (Lipinski definition) is 4. The molecule has 5 nitrogen and oxygen atoms in total. The largest absolute Gasteiger partial charge is 0.379 e. The zero-order valence-corrected chi connectivity index (χ0v) is 13.5. The Morgan fingerprint density at radius 2 is 2.10 bits per heavy atom. The van der Waals surface area contributed by atoms with Gasteiger partial charge in [0.05, 0.1) is 12.2 Å². The molecule has 0 amide bonds. The van der Waals surface area contributed by atoms with Crippen molar-refractivity contribution in [2.45, 2.75) is 57.6 Å². The van der Waals surface area contributed by atoms with Gasteiger partial charge in [0.2, 0.25) is 6.54 Å². The molecule has 0 spiro atoms. The Labute approximate surface area is 124 Å². The van der Waals surface area contributed by atoms with Gasteiger partial charge >= 0.3 is 0 Å². The molecule has 2 unspecified atom stereocenters. The molecule has 5 atom stereocenters. The van der Waals surface area contributed by atoms with Gasteiger partial charge in [0.1, 0.15) is 26.7 Å². The van der Waals surface area contributed by atoms with Crippen molar-refractivity contribution in [1.82, 2.24) is 0 Å². The molecule has 2 radical (unpaired) electrons. The van der Waals surface area contributed by atoms with Crippen molar-refractivity contribution in [2.75, 3.05) is 19.8 Å². The number of nitrogens with zero attached hydrogens (tertiary/aromatic N) is 1. The minimum Gasteiger partial charge on any atom is -0.379 e. The van der Waals surface area contributed by atoms with Crippen LogP contribution < -0.4 is 0 Å². The van der Waals surface area contributed by atoms with Gasteiger partial charge in [-0.2, -0.15) is 0 Å². The Kier molecular flexibility index (Phi) is 8.02. The summed E-state index contributed by atoms with van der Waals surface area (Å²) in [5.41, 5.74) is 0. The van der Waals surface area contributed by atoms with E-state index in [-0.39, 0.29) is 24.4 Å². The van der Waals surface area contributed by atoms with Crippen LogP contribution in [0.4, 0.5) is 0 Å². The molecule has 20 heavy (non-hydrogen) atoms. The van der Waals surface area contributed by atoms with E-state index in [9.17, 15) is 0 Å². The van der Waals surface area contributed by atoms with Crippen LogP contribution in [-0.2, 0) is 18.5 Å². The normalized spacial score (nSPS) is 31.4. The number of ether oxygens (including phenoxy) is 2. The summed E-state index contributed by atoms with van der Waals surface area (Å²) in [6.45, 7) is 15.3. The maximum absolute atomic E-state index is 6.72. The lowest BCUT2D eigenvalue weighted by atomic mass is 9.92. The summed E-state index contributed by atoms with van der Waals surface area (Å²) in [6, 6.07) is -0.473. The van der Waals surface area contributed by atoms with E-state index in [1.165, 1.54) is 0 Å². The molecule has 1 rings (SSSR count). The van der Waals surface area contributed by atoms with Crippen LogP contribution in [0.3, 0.4) is 0 Å². The lowest BCUT2D eigenvalue weighted by Gasteiger charge is -2.27. The van der Waals surface area contributed by atoms with Crippen LogP contribution in [0.5, 0.6) is 0 Å². The molecule has 1 fully saturated rings. The first-order chi connectivity index (χ1) is 9.49. The molecule has 112 valence electrons. The highest BCUT2D eigenvalue weighted by Crippen LogP contribution is 2.41. The summed E-state index contributed by atoms with van der Waals surface area (Å²) in [5, 5.41) is 0. The Bertz CT molecular complexity index is 326. The summed E-state index contributed by atoms with van der Waals surface area (Å²) in [5.74, 6) is 0. The van der Waals surface area contributed by atoms with E-state index < -0.39 is 14.4 Å². The Morgan fingerprint density at radius 3 is 2.65 bits per heavy atom. The molecule has 1 heterocycles. The second-order valence-electron chi connectivity index (χ2n) is 4.92. The SMILES string of the molecule is [B][C@@H]1O[C@H](CC)C(OP(C)OCC[N+]#[C-])[C@@H]1OC(C)C. The van der Waals surface area contributed by atoms with Crippen LogP contribution in [0.15, 0.2) is 0 Å². The standard InChI is InChI=1S/C13H23BNO4P/c1-6-10-11(19-20(5)16-8-7-15-4)12(13(14)18-10)17-9(2)3/h9-13H,6-8H2,1-3,5H3/t10-,11?,12+,13-,20?/m1/s1. The summed E-state index contributed by atoms with van der Waals surface area (Å²) in [4.78, 5) is 3.25. The van der Waals surface area contributed by atoms with Crippen molar-refractivity contribution in [1.29, 1.82) is 0 Å². The molecular formula is C13H23BNO4P. The zero-order chi connectivity index (χ0) is 15.1. The van der Waals surface area contributed by atoms with E-state index in [2.05, 4.69) is 4.85 Å². The highest BCUT2D eigenvalue weighted by atomic mass is 31.2. The molecule has 1 saturated heterocycles. The van der Waals surface area contributed by atoms with Crippen molar-refractivity contribution < 1.29 is 18.5 Å². The zero-order valence-electron chi connectivity index (χ0n) is 12.6. The van der Waals surface area contributed by atoms with Crippen molar-refractivity contribution >= 4 is 16.2 Å². The monoisotopic (exact) mass is 299 g/mol. The fraction of sp³-hybridized carbons (Fsp3) is 0.923. The summed E-state index contributed by atoms with van der Waals surface area (Å²) in [6.07, 6.45) is 0.281. The van der Waals surface area contributed by atoms with E-state index in [1.807, 2.05) is 27.4 Å². The molecular weight excluding hydrogens is 276 g/mol. The van der Waals surface area contributed by atoms with Gasteiger partial charge in [-0.3, -0.25) is 0 Å². The molecule has 0 N–H and O–H groups in total. The van der Waals surface area contributed by atoms with Crippen LogP contribution >= 0.6 is 8.38 Å². The average Bonchev–Trinajstić information content (AvgIpc) is 2.66. The first-order valence-electron chi connectivity index (χ1n) is 6.92. The van der Waals surface area contributed by atoms with Crippen molar-refractivity contribution in [2.24, 2.45) is 0 Å². The van der Waals surface area contributed by atoms with Crippen LogP contribution in [0.25, 0.3) is 4.85 Å². The molecule has 0 aromatic heterocycles. The van der Waals surface area contributed by atoms with Crippen LogP contribution in [-0.4, -0.2) is 58.1 Å².